The fourth-order valence-electron chi connectivity index (χ4n) is 7.28. The van der Waals surface area contributed by atoms with Crippen LogP contribution in [0.3, 0.4) is 0 Å². The van der Waals surface area contributed by atoms with Gasteiger partial charge in [-0.3, -0.25) is 43.3 Å². The number of carbonyl (C=O) groups excluding carboxylic acids is 8. The van der Waals surface area contributed by atoms with Crippen LogP contribution in [0.2, 0.25) is 0 Å². The Balaban J connectivity index is 1.92. The highest BCUT2D eigenvalue weighted by molar-refractivity contribution is 5.90. The van der Waals surface area contributed by atoms with Gasteiger partial charge in [-0.25, -0.2) is 0 Å². The van der Waals surface area contributed by atoms with Gasteiger partial charge < -0.3 is 92.1 Å². The Bertz CT molecular complexity index is 1670. The first-order chi connectivity index (χ1) is 33.2. The zero-order chi connectivity index (χ0) is 52.3. The molecule has 2 saturated heterocycles. The summed E-state index contributed by atoms with van der Waals surface area (Å²) in [6.07, 6.45) is -7.91. The average Bonchev–Trinajstić information content (AvgIpc) is 3.31. The van der Waals surface area contributed by atoms with Crippen LogP contribution in [0, 0.1) is 5.92 Å². The van der Waals surface area contributed by atoms with Crippen LogP contribution in [0.4, 0.5) is 0 Å². The third-order valence-corrected chi connectivity index (χ3v) is 10.9. The van der Waals surface area contributed by atoms with E-state index in [2.05, 4.69) is 42.5 Å². The third kappa shape index (κ3) is 22.6. The highest BCUT2D eigenvalue weighted by atomic mass is 16.7. The van der Waals surface area contributed by atoms with Crippen LogP contribution in [-0.4, -0.2) is 229 Å². The molecule has 2 aliphatic rings. The van der Waals surface area contributed by atoms with Crippen LogP contribution in [0.1, 0.15) is 73.1 Å². The largest absolute Gasteiger partial charge is 0.394 e. The van der Waals surface area contributed by atoms with Crippen molar-refractivity contribution in [2.45, 2.75) is 140 Å². The fourth-order valence-corrected chi connectivity index (χ4v) is 7.28. The van der Waals surface area contributed by atoms with Crippen LogP contribution >= 0.6 is 0 Å². The van der Waals surface area contributed by atoms with E-state index < -0.39 is 154 Å². The van der Waals surface area contributed by atoms with E-state index in [0.29, 0.717) is 32.2 Å². The lowest BCUT2D eigenvalue weighted by molar-refractivity contribution is -0.270. The molecule has 0 bridgehead atoms. The number of nitrogens with one attached hydrogen (secondary N) is 8. The standard InChI is InChI=1S/C43H77N9O18/c1-6-11-44-32(59)19-49-41(66)27(16-24(2)3)52(21-34(61)48-18-31(58)46-13-10-15-68-43-36(51-26(5)56)40(65)38(63)29(23-54)70-43)20-33(60)47-17-30(57)45-12-8-7-9-14-67-42-35(50-25(4)55)39(64)37(62)28(22-53)69-42/h24,27-29,35-40,42-43,53-54,62-65H,6-23H2,1-5H3,(H,44,59)(H,45,57)(H,46,58)(H,47,60)(H,48,61)(H,49,66)(H,50,55)(H,51,56)/t27?,28?,29?,35?,36?,37-,38-,39+,40+,42+,43+/m0/s1. The van der Waals surface area contributed by atoms with Crippen LogP contribution in [0.5, 0.6) is 0 Å². The second-order valence-corrected chi connectivity index (χ2v) is 17.4. The number of rotatable bonds is 32. The van der Waals surface area contributed by atoms with Crippen LogP contribution in [0.25, 0.3) is 0 Å². The Morgan fingerprint density at radius 1 is 0.557 bits per heavy atom. The first-order valence-electron chi connectivity index (χ1n) is 23.6. The predicted molar refractivity (Wildman–Crippen MR) is 244 cm³/mol. The molecule has 2 heterocycles. The second-order valence-electron chi connectivity index (χ2n) is 17.4. The molecule has 0 aliphatic carbocycles. The van der Waals surface area contributed by atoms with Crippen LogP contribution < -0.4 is 42.5 Å². The molecule has 8 amide bonds. The van der Waals surface area contributed by atoms with Crippen molar-refractivity contribution in [2.24, 2.45) is 5.92 Å². The van der Waals surface area contributed by atoms with Crippen molar-refractivity contribution >= 4 is 47.3 Å². The zero-order valence-electron chi connectivity index (χ0n) is 40.7. The number of ether oxygens (including phenoxy) is 4. The minimum atomic E-state index is -1.49. The number of unbranched alkanes of at least 4 members (excludes halogenated alkanes) is 2. The van der Waals surface area contributed by atoms with Gasteiger partial charge in [0.15, 0.2) is 12.6 Å². The first-order valence-corrected chi connectivity index (χ1v) is 23.6. The maximum absolute atomic E-state index is 13.5. The third-order valence-electron chi connectivity index (χ3n) is 10.9. The van der Waals surface area contributed by atoms with E-state index in [1.165, 1.54) is 18.7 Å². The van der Waals surface area contributed by atoms with Crippen molar-refractivity contribution in [3.8, 4) is 0 Å². The molecule has 27 nitrogen and oxygen atoms in total. The van der Waals surface area contributed by atoms with Crippen LogP contribution in [0.15, 0.2) is 0 Å². The lowest BCUT2D eigenvalue weighted by Crippen LogP contribution is -2.64. The van der Waals surface area contributed by atoms with Gasteiger partial charge in [-0.2, -0.15) is 0 Å². The predicted octanol–water partition coefficient (Wildman–Crippen LogP) is -6.71. The average molecular weight is 1010 g/mol. The Morgan fingerprint density at radius 2 is 0.986 bits per heavy atom. The van der Waals surface area contributed by atoms with Crippen LogP contribution in [-0.2, 0) is 57.3 Å². The Morgan fingerprint density at radius 3 is 1.41 bits per heavy atom. The first kappa shape index (κ1) is 61.4. The molecule has 11 atom stereocenters. The van der Waals surface area contributed by atoms with Gasteiger partial charge in [0.2, 0.25) is 47.3 Å². The number of aliphatic hydroxyl groups is 6. The molecule has 0 radical (unpaired) electrons. The van der Waals surface area contributed by atoms with E-state index in [-0.39, 0.29) is 51.6 Å². The number of hydrogen-bond donors (Lipinski definition) is 14. The molecular weight excluding hydrogens is 931 g/mol. The van der Waals surface area contributed by atoms with Crippen molar-refractivity contribution in [3.63, 3.8) is 0 Å². The van der Waals surface area contributed by atoms with Crippen molar-refractivity contribution in [1.82, 2.24) is 47.4 Å². The molecule has 5 unspecified atom stereocenters. The van der Waals surface area contributed by atoms with Gasteiger partial charge in [-0.15, -0.1) is 0 Å². The molecule has 0 aromatic heterocycles. The maximum atomic E-state index is 13.5. The van der Waals surface area contributed by atoms with Crippen molar-refractivity contribution in [3.05, 3.63) is 0 Å². The Labute approximate surface area is 407 Å². The summed E-state index contributed by atoms with van der Waals surface area (Å²) in [5.41, 5.74) is 0. The quantitative estimate of drug-likeness (QED) is 0.0279. The number of aliphatic hydroxyl groups excluding tert-OH is 6. The van der Waals surface area contributed by atoms with E-state index in [0.717, 1.165) is 0 Å². The molecule has 0 saturated carbocycles. The Kier molecular flexibility index (Phi) is 29.0. The van der Waals surface area contributed by atoms with Gasteiger partial charge in [-0.1, -0.05) is 20.8 Å². The summed E-state index contributed by atoms with van der Waals surface area (Å²) in [5.74, 6) is -4.75. The summed E-state index contributed by atoms with van der Waals surface area (Å²) < 4.78 is 22.4. The molecule has 0 aromatic rings. The summed E-state index contributed by atoms with van der Waals surface area (Å²) in [7, 11) is 0. The van der Waals surface area contributed by atoms with Crippen molar-refractivity contribution in [1.29, 1.82) is 0 Å². The molecule has 0 aromatic carbocycles. The van der Waals surface area contributed by atoms with Gasteiger partial charge >= 0.3 is 0 Å². The highest BCUT2D eigenvalue weighted by Crippen LogP contribution is 2.24. The lowest BCUT2D eigenvalue weighted by Gasteiger charge is -2.42. The van der Waals surface area contributed by atoms with E-state index in [9.17, 15) is 69.0 Å². The lowest BCUT2D eigenvalue weighted by atomic mass is 9.97. The zero-order valence-corrected chi connectivity index (χ0v) is 40.7. The molecule has 27 heteroatoms. The maximum Gasteiger partial charge on any atom is 0.239 e. The second kappa shape index (κ2) is 33.1. The summed E-state index contributed by atoms with van der Waals surface area (Å²) >= 11 is 0. The van der Waals surface area contributed by atoms with Gasteiger partial charge in [0.05, 0.1) is 58.6 Å². The normalized spacial score (nSPS) is 24.8. The molecule has 70 heavy (non-hydrogen) atoms. The van der Waals surface area contributed by atoms with E-state index in [1.54, 1.807) is 0 Å². The summed E-state index contributed by atoms with van der Waals surface area (Å²) in [4.78, 5) is 102. The monoisotopic (exact) mass is 1010 g/mol. The topological polar surface area (TPSA) is 394 Å². The SMILES string of the molecule is CCCNC(=O)CNC(=O)C(CC(C)C)N(CC(=O)NCC(=O)NCCCCCO[C@@H]1OC(CO)[C@H](O)[C@H](O)C1NC(C)=O)CC(=O)NCC(=O)NCCCO[C@@H]1OC(CO)[C@H](O)[C@H](O)C1NC(C)=O. The molecular formula is C43H77N9O18. The van der Waals surface area contributed by atoms with E-state index in [4.69, 9.17) is 18.9 Å². The van der Waals surface area contributed by atoms with Gasteiger partial charge in [0.25, 0.3) is 0 Å². The molecule has 402 valence electrons. The van der Waals surface area contributed by atoms with E-state index in [1.807, 2.05) is 20.8 Å². The smallest absolute Gasteiger partial charge is 0.239 e. The molecule has 2 fully saturated rings. The Hall–Kier alpha value is -4.68. The molecule has 2 aliphatic heterocycles. The molecule has 14 N–H and O–H groups in total. The van der Waals surface area contributed by atoms with Gasteiger partial charge in [-0.05, 0) is 44.4 Å². The number of nitrogens with zero attached hydrogens (tertiary/aromatic N) is 1. The highest BCUT2D eigenvalue weighted by Gasteiger charge is 2.46. The van der Waals surface area contributed by atoms with Crippen molar-refractivity contribution in [2.75, 3.05) is 78.8 Å². The number of hydrogen-bond acceptors (Lipinski definition) is 19. The molecule has 0 spiro atoms. The van der Waals surface area contributed by atoms with Gasteiger partial charge in [0, 0.05) is 40.1 Å². The number of carbonyl (C=O) groups is 8. The fraction of sp³-hybridized carbons (Fsp3) is 0.814. The van der Waals surface area contributed by atoms with Crippen molar-refractivity contribution < 1.29 is 87.9 Å². The minimum Gasteiger partial charge on any atom is -0.394 e. The summed E-state index contributed by atoms with van der Waals surface area (Å²) in [5, 5.41) is 80.5. The molecule has 2 rings (SSSR count). The minimum absolute atomic E-state index is 0.0426. The summed E-state index contributed by atoms with van der Waals surface area (Å²) in [6, 6.07) is -3.30. The van der Waals surface area contributed by atoms with E-state index >= 15 is 0 Å². The summed E-state index contributed by atoms with van der Waals surface area (Å²) in [6.45, 7) is 5.16. The van der Waals surface area contributed by atoms with Gasteiger partial charge in [0.1, 0.15) is 48.7 Å². The number of amides is 8.